The summed E-state index contributed by atoms with van der Waals surface area (Å²) >= 11 is 4.72. The zero-order valence-corrected chi connectivity index (χ0v) is 11.7. The number of carbonyl (C=O) groups is 1. The Kier molecular flexibility index (Phi) is 5.43. The molecule has 0 spiro atoms. The molecule has 17 heavy (non-hydrogen) atoms. The molecule has 1 amide bonds. The molecule has 0 radical (unpaired) electrons. The maximum atomic E-state index is 11.8. The van der Waals surface area contributed by atoms with Crippen molar-refractivity contribution in [3.63, 3.8) is 0 Å². The fourth-order valence-corrected chi connectivity index (χ4v) is 2.46. The van der Waals surface area contributed by atoms with Crippen LogP contribution in [0.5, 0.6) is 0 Å². The molecule has 1 aromatic rings. The highest BCUT2D eigenvalue weighted by Crippen LogP contribution is 2.20. The van der Waals surface area contributed by atoms with E-state index in [4.69, 9.17) is 10.9 Å². The van der Waals surface area contributed by atoms with E-state index in [2.05, 4.69) is 26.4 Å². The van der Waals surface area contributed by atoms with Gasteiger partial charge in [-0.2, -0.15) is 0 Å². The minimum absolute atomic E-state index is 0.0227. The van der Waals surface area contributed by atoms with E-state index in [1.54, 1.807) is 11.4 Å². The van der Waals surface area contributed by atoms with E-state index in [0.29, 0.717) is 12.0 Å². The van der Waals surface area contributed by atoms with Crippen LogP contribution < -0.4 is 11.1 Å². The van der Waals surface area contributed by atoms with Crippen LogP contribution in [-0.4, -0.2) is 23.0 Å². The minimum Gasteiger partial charge on any atom is -0.409 e. The molecule has 1 atom stereocenters. The van der Waals surface area contributed by atoms with Crippen LogP contribution in [0.1, 0.15) is 30.1 Å². The lowest BCUT2D eigenvalue weighted by atomic mass is 10.1. The predicted molar refractivity (Wildman–Crippen MR) is 71.6 cm³/mol. The lowest BCUT2D eigenvalue weighted by Gasteiger charge is -2.15. The average molecular weight is 320 g/mol. The minimum atomic E-state index is -0.434. The van der Waals surface area contributed by atoms with E-state index in [1.807, 2.05) is 6.92 Å². The van der Waals surface area contributed by atoms with E-state index >= 15 is 0 Å². The Bertz CT molecular complexity index is 419. The lowest BCUT2D eigenvalue weighted by Crippen LogP contribution is -2.44. The van der Waals surface area contributed by atoms with Crippen LogP contribution in [0.3, 0.4) is 0 Å². The Morgan fingerprint density at radius 2 is 2.47 bits per heavy atom. The number of hydrogen-bond donors (Lipinski definition) is 3. The van der Waals surface area contributed by atoms with Gasteiger partial charge in [-0.15, -0.1) is 11.3 Å². The zero-order chi connectivity index (χ0) is 12.8. The molecule has 0 aliphatic rings. The smallest absolute Gasteiger partial charge is 0.252 e. The van der Waals surface area contributed by atoms with Crippen LogP contribution in [-0.2, 0) is 0 Å². The molecule has 0 aromatic carbocycles. The third-order valence-electron chi connectivity index (χ3n) is 2.18. The van der Waals surface area contributed by atoms with Gasteiger partial charge in [0, 0.05) is 5.38 Å². The van der Waals surface area contributed by atoms with Gasteiger partial charge in [0.25, 0.3) is 5.91 Å². The van der Waals surface area contributed by atoms with Crippen molar-refractivity contribution in [2.24, 2.45) is 10.9 Å². The van der Waals surface area contributed by atoms with Crippen LogP contribution in [0.4, 0.5) is 0 Å². The Labute approximate surface area is 112 Å². The van der Waals surface area contributed by atoms with Crippen LogP contribution in [0.15, 0.2) is 20.4 Å². The van der Waals surface area contributed by atoms with E-state index in [-0.39, 0.29) is 11.7 Å². The van der Waals surface area contributed by atoms with E-state index in [0.717, 1.165) is 10.2 Å². The Balaban J connectivity index is 2.70. The van der Waals surface area contributed by atoms with Crippen LogP contribution >= 0.6 is 27.3 Å². The second-order valence-corrected chi connectivity index (χ2v) is 5.77. The summed E-state index contributed by atoms with van der Waals surface area (Å²) in [4.78, 5) is 11.8. The lowest BCUT2D eigenvalue weighted by molar-refractivity contribution is 0.0945. The Morgan fingerprint density at radius 1 is 1.76 bits per heavy atom. The molecule has 5 nitrogen and oxygen atoms in total. The normalized spacial score (nSPS) is 13.4. The van der Waals surface area contributed by atoms with E-state index in [1.165, 1.54) is 11.3 Å². The van der Waals surface area contributed by atoms with Crippen LogP contribution in [0.2, 0.25) is 0 Å². The number of oxime groups is 1. The maximum absolute atomic E-state index is 11.8. The van der Waals surface area contributed by atoms with E-state index in [9.17, 15) is 4.79 Å². The molecule has 0 saturated heterocycles. The first kappa shape index (κ1) is 14.0. The van der Waals surface area contributed by atoms with E-state index < -0.39 is 6.04 Å². The van der Waals surface area contributed by atoms with Gasteiger partial charge in [-0.3, -0.25) is 4.79 Å². The van der Waals surface area contributed by atoms with Gasteiger partial charge >= 0.3 is 0 Å². The van der Waals surface area contributed by atoms with Crippen molar-refractivity contribution in [3.8, 4) is 0 Å². The highest BCUT2D eigenvalue weighted by atomic mass is 79.9. The number of thiophene rings is 1. The number of amides is 1. The molecular weight excluding hydrogens is 306 g/mol. The number of halogens is 1. The van der Waals surface area contributed by atoms with Gasteiger partial charge < -0.3 is 16.3 Å². The summed E-state index contributed by atoms with van der Waals surface area (Å²) in [6.07, 6.45) is 1.46. The van der Waals surface area contributed by atoms with Crippen molar-refractivity contribution >= 4 is 39.0 Å². The maximum Gasteiger partial charge on any atom is 0.252 e. The van der Waals surface area contributed by atoms with Gasteiger partial charge in [0.15, 0.2) is 5.84 Å². The monoisotopic (exact) mass is 319 g/mol. The third-order valence-corrected chi connectivity index (χ3v) is 3.69. The summed E-state index contributed by atoms with van der Waals surface area (Å²) in [5, 5.41) is 16.0. The highest BCUT2D eigenvalue weighted by Gasteiger charge is 2.17. The first-order valence-corrected chi connectivity index (χ1v) is 6.78. The zero-order valence-electron chi connectivity index (χ0n) is 9.31. The summed E-state index contributed by atoms with van der Waals surface area (Å²) in [7, 11) is 0. The third kappa shape index (κ3) is 4.01. The standard InChI is InChI=1S/C10H14BrN3O2S/c1-2-3-7(9(12)14-16)13-10(15)6-4-8(11)17-5-6/h4-5,7,16H,2-3H2,1H3,(H2,12,14)(H,13,15). The van der Waals surface area contributed by atoms with Crippen molar-refractivity contribution < 1.29 is 10.0 Å². The van der Waals surface area contributed by atoms with Crippen LogP contribution in [0.25, 0.3) is 0 Å². The number of carbonyl (C=O) groups excluding carboxylic acids is 1. The molecule has 4 N–H and O–H groups in total. The number of nitrogens with one attached hydrogen (secondary N) is 1. The first-order valence-electron chi connectivity index (χ1n) is 5.10. The predicted octanol–water partition coefficient (Wildman–Crippen LogP) is 2.16. The van der Waals surface area contributed by atoms with Crippen molar-refractivity contribution in [2.75, 3.05) is 0 Å². The molecule has 0 saturated carbocycles. The van der Waals surface area contributed by atoms with Gasteiger partial charge in [-0.05, 0) is 28.4 Å². The molecule has 1 aromatic heterocycles. The summed E-state index contributed by atoms with van der Waals surface area (Å²) in [5.74, 6) is -0.202. The fraction of sp³-hybridized carbons (Fsp3) is 0.400. The Morgan fingerprint density at radius 3 is 2.94 bits per heavy atom. The number of nitrogens with two attached hydrogens (primary N) is 1. The average Bonchev–Trinajstić information content (AvgIpc) is 2.74. The second kappa shape index (κ2) is 6.61. The molecule has 1 rings (SSSR count). The first-order chi connectivity index (χ1) is 8.08. The summed E-state index contributed by atoms with van der Waals surface area (Å²) in [6, 6.07) is 1.30. The fourth-order valence-electron chi connectivity index (χ4n) is 1.32. The van der Waals surface area contributed by atoms with Crippen molar-refractivity contribution in [3.05, 3.63) is 20.8 Å². The van der Waals surface area contributed by atoms with Gasteiger partial charge in [-0.25, -0.2) is 0 Å². The van der Waals surface area contributed by atoms with Gasteiger partial charge in [0.05, 0.1) is 15.4 Å². The number of hydrogen-bond acceptors (Lipinski definition) is 4. The molecule has 7 heteroatoms. The SMILES string of the molecule is CCCC(NC(=O)c1csc(Br)c1)C(N)=NO. The van der Waals surface area contributed by atoms with Crippen molar-refractivity contribution in [1.29, 1.82) is 0 Å². The molecule has 0 fully saturated rings. The molecule has 94 valence electrons. The number of nitrogens with zero attached hydrogens (tertiary/aromatic N) is 1. The number of rotatable bonds is 5. The van der Waals surface area contributed by atoms with Crippen molar-refractivity contribution in [1.82, 2.24) is 5.32 Å². The van der Waals surface area contributed by atoms with Gasteiger partial charge in [-0.1, -0.05) is 18.5 Å². The number of amidine groups is 1. The van der Waals surface area contributed by atoms with Crippen molar-refractivity contribution in [2.45, 2.75) is 25.8 Å². The molecule has 1 heterocycles. The largest absolute Gasteiger partial charge is 0.409 e. The van der Waals surface area contributed by atoms with Gasteiger partial charge in [0.1, 0.15) is 0 Å². The molecule has 0 aliphatic heterocycles. The molecule has 0 bridgehead atoms. The summed E-state index contributed by atoms with van der Waals surface area (Å²) in [6.45, 7) is 1.96. The van der Waals surface area contributed by atoms with Crippen LogP contribution in [0, 0.1) is 0 Å². The molecular formula is C10H14BrN3O2S. The molecule has 1 unspecified atom stereocenters. The highest BCUT2D eigenvalue weighted by molar-refractivity contribution is 9.11. The summed E-state index contributed by atoms with van der Waals surface area (Å²) < 4.78 is 0.887. The van der Waals surface area contributed by atoms with Gasteiger partial charge in [0.2, 0.25) is 0 Å². The quantitative estimate of drug-likeness (QED) is 0.336. The summed E-state index contributed by atoms with van der Waals surface area (Å²) in [5.41, 5.74) is 6.08. The topological polar surface area (TPSA) is 87.7 Å². The molecule has 0 aliphatic carbocycles. The Hall–Kier alpha value is -1.08. The second-order valence-electron chi connectivity index (χ2n) is 3.48.